The monoisotopic (exact) mass is 399 g/mol. The smallest absolute Gasteiger partial charge is 0.410 e. The van der Waals surface area contributed by atoms with Crippen LogP contribution in [0.3, 0.4) is 0 Å². The van der Waals surface area contributed by atoms with E-state index in [0.29, 0.717) is 5.56 Å². The zero-order valence-corrected chi connectivity index (χ0v) is 16.4. The van der Waals surface area contributed by atoms with Crippen molar-refractivity contribution in [2.75, 3.05) is 13.2 Å². The molecular formula is C18H25NO7S. The predicted octanol–water partition coefficient (Wildman–Crippen LogP) is 1.28. The lowest BCUT2D eigenvalue weighted by Gasteiger charge is -2.28. The molecule has 0 saturated carbocycles. The molecule has 0 aliphatic carbocycles. The third-order valence-electron chi connectivity index (χ3n) is 4.38. The van der Waals surface area contributed by atoms with E-state index in [0.717, 1.165) is 0 Å². The molecule has 0 aromatic heterocycles. The van der Waals surface area contributed by atoms with Gasteiger partial charge in [-0.2, -0.15) is 8.42 Å². The molecule has 2 aliphatic rings. The van der Waals surface area contributed by atoms with Crippen LogP contribution in [0.4, 0.5) is 4.79 Å². The maximum Gasteiger partial charge on any atom is 0.410 e. The van der Waals surface area contributed by atoms with Crippen LogP contribution in [0.25, 0.3) is 0 Å². The minimum atomic E-state index is -3.90. The van der Waals surface area contributed by atoms with Crippen molar-refractivity contribution in [3.63, 3.8) is 0 Å². The van der Waals surface area contributed by atoms with E-state index >= 15 is 0 Å². The number of amides is 1. The van der Waals surface area contributed by atoms with Crippen LogP contribution in [0, 0.1) is 0 Å². The number of hydrogen-bond acceptors (Lipinski definition) is 7. The summed E-state index contributed by atoms with van der Waals surface area (Å²) >= 11 is 0. The normalized spacial score (nSPS) is 28.2. The van der Waals surface area contributed by atoms with E-state index in [1.807, 2.05) is 0 Å². The average Bonchev–Trinajstić information content (AvgIpc) is 3.08. The van der Waals surface area contributed by atoms with Gasteiger partial charge in [0.2, 0.25) is 0 Å². The number of carbonyl (C=O) groups is 1. The first-order valence-electron chi connectivity index (χ1n) is 8.80. The molecule has 2 fully saturated rings. The second-order valence-electron chi connectivity index (χ2n) is 7.81. The Morgan fingerprint density at radius 3 is 2.59 bits per heavy atom. The lowest BCUT2D eigenvalue weighted by atomic mass is 10.1. The van der Waals surface area contributed by atoms with Gasteiger partial charge in [-0.3, -0.25) is 9.08 Å². The van der Waals surface area contributed by atoms with E-state index in [1.54, 1.807) is 51.1 Å². The van der Waals surface area contributed by atoms with Gasteiger partial charge in [0, 0.05) is 0 Å². The molecule has 2 saturated heterocycles. The van der Waals surface area contributed by atoms with Crippen LogP contribution in [-0.4, -0.2) is 67.6 Å². The van der Waals surface area contributed by atoms with Crippen molar-refractivity contribution < 1.29 is 32.0 Å². The number of hydrogen-bond donors (Lipinski definition) is 1. The number of fused-ring (bicyclic) bond motifs is 1. The fourth-order valence-corrected chi connectivity index (χ4v) is 4.58. The molecule has 1 aromatic carbocycles. The Bertz CT molecular complexity index is 775. The van der Waals surface area contributed by atoms with E-state index < -0.39 is 46.2 Å². The van der Waals surface area contributed by atoms with E-state index in [4.69, 9.17) is 13.7 Å². The maximum absolute atomic E-state index is 12.5. The number of likely N-dealkylation sites (tertiary alicyclic amines) is 1. The lowest BCUT2D eigenvalue weighted by Crippen LogP contribution is -2.46. The van der Waals surface area contributed by atoms with Gasteiger partial charge in [-0.25, -0.2) is 4.79 Å². The SMILES string of the molecule is CC(C)(C)OC(=O)N1C[C@@H](OS(=O)(=O)Cc2ccccc2)[C@H]2OC[C@H](O)[C@H]21. The summed E-state index contributed by atoms with van der Waals surface area (Å²) < 4.78 is 41.2. The Labute approximate surface area is 159 Å². The van der Waals surface area contributed by atoms with E-state index in [-0.39, 0.29) is 18.9 Å². The summed E-state index contributed by atoms with van der Waals surface area (Å²) in [5.74, 6) is -0.281. The van der Waals surface area contributed by atoms with E-state index in [1.165, 1.54) is 4.90 Å². The molecule has 4 atom stereocenters. The number of rotatable bonds is 4. The Hall–Kier alpha value is -1.68. The second-order valence-corrected chi connectivity index (χ2v) is 9.41. The van der Waals surface area contributed by atoms with Gasteiger partial charge in [-0.15, -0.1) is 0 Å². The highest BCUT2D eigenvalue weighted by Crippen LogP contribution is 2.33. The summed E-state index contributed by atoms with van der Waals surface area (Å²) in [5.41, 5.74) is -0.113. The molecule has 1 aromatic rings. The average molecular weight is 399 g/mol. The van der Waals surface area contributed by atoms with Gasteiger partial charge in [0.15, 0.2) is 0 Å². The van der Waals surface area contributed by atoms with E-state index in [2.05, 4.69) is 0 Å². The fourth-order valence-electron chi connectivity index (χ4n) is 3.36. The molecule has 150 valence electrons. The summed E-state index contributed by atoms with van der Waals surface area (Å²) in [6.45, 7) is 5.18. The van der Waals surface area contributed by atoms with Gasteiger partial charge in [0.25, 0.3) is 10.1 Å². The molecule has 8 nitrogen and oxygen atoms in total. The molecule has 0 unspecified atom stereocenters. The van der Waals surface area contributed by atoms with Gasteiger partial charge in [0.1, 0.15) is 29.7 Å². The zero-order chi connectivity index (χ0) is 19.8. The Morgan fingerprint density at radius 1 is 1.30 bits per heavy atom. The molecule has 1 N–H and O–H groups in total. The molecule has 0 bridgehead atoms. The van der Waals surface area contributed by atoms with Crippen molar-refractivity contribution in [3.05, 3.63) is 35.9 Å². The highest BCUT2D eigenvalue weighted by atomic mass is 32.2. The van der Waals surface area contributed by atoms with Crippen molar-refractivity contribution >= 4 is 16.2 Å². The summed E-state index contributed by atoms with van der Waals surface area (Å²) in [5, 5.41) is 10.2. The van der Waals surface area contributed by atoms with Crippen molar-refractivity contribution in [2.24, 2.45) is 0 Å². The first-order chi connectivity index (χ1) is 12.6. The lowest BCUT2D eigenvalue weighted by molar-refractivity contribution is 0.00832. The third-order valence-corrected chi connectivity index (χ3v) is 5.61. The molecule has 0 radical (unpaired) electrons. The van der Waals surface area contributed by atoms with Crippen LogP contribution < -0.4 is 0 Å². The summed E-state index contributed by atoms with van der Waals surface area (Å²) in [6, 6.07) is 7.98. The molecule has 1 amide bonds. The Morgan fingerprint density at radius 2 is 1.96 bits per heavy atom. The molecule has 9 heteroatoms. The van der Waals surface area contributed by atoms with Crippen molar-refractivity contribution in [3.8, 4) is 0 Å². The van der Waals surface area contributed by atoms with Crippen LogP contribution in [0.2, 0.25) is 0 Å². The molecular weight excluding hydrogens is 374 g/mol. The molecule has 2 heterocycles. The number of aliphatic hydroxyl groups excluding tert-OH is 1. The zero-order valence-electron chi connectivity index (χ0n) is 15.6. The maximum atomic E-state index is 12.5. The van der Waals surface area contributed by atoms with Crippen molar-refractivity contribution in [1.29, 1.82) is 0 Å². The largest absolute Gasteiger partial charge is 0.444 e. The van der Waals surface area contributed by atoms with Crippen LogP contribution >= 0.6 is 0 Å². The first-order valence-corrected chi connectivity index (χ1v) is 10.4. The standard InChI is InChI=1S/C18H25NO7S/c1-18(2,3)25-17(21)19-9-14(16-15(19)13(20)10-24-16)26-27(22,23)11-12-7-5-4-6-8-12/h4-8,13-16,20H,9-11H2,1-3H3/t13-,14+,15+,16+/m0/s1. The number of benzene rings is 1. The van der Waals surface area contributed by atoms with Crippen molar-refractivity contribution in [1.82, 2.24) is 4.90 Å². The van der Waals surface area contributed by atoms with Crippen LogP contribution in [0.15, 0.2) is 30.3 Å². The van der Waals surface area contributed by atoms with Gasteiger partial charge in [0.05, 0.1) is 19.2 Å². The Kier molecular flexibility index (Phi) is 5.49. The molecule has 3 rings (SSSR count). The summed E-state index contributed by atoms with van der Waals surface area (Å²) in [7, 11) is -3.90. The van der Waals surface area contributed by atoms with Crippen molar-refractivity contribution in [2.45, 2.75) is 56.5 Å². The number of carbonyl (C=O) groups excluding carboxylic acids is 1. The topological polar surface area (TPSA) is 102 Å². The van der Waals surface area contributed by atoms with Crippen LogP contribution in [0.5, 0.6) is 0 Å². The van der Waals surface area contributed by atoms with Gasteiger partial charge >= 0.3 is 6.09 Å². The molecule has 0 spiro atoms. The quantitative estimate of drug-likeness (QED) is 0.761. The summed E-state index contributed by atoms with van der Waals surface area (Å²) in [4.78, 5) is 13.8. The third kappa shape index (κ3) is 4.78. The highest BCUT2D eigenvalue weighted by Gasteiger charge is 2.54. The summed E-state index contributed by atoms with van der Waals surface area (Å²) in [6.07, 6.45) is -3.17. The number of ether oxygens (including phenoxy) is 2. The Balaban J connectivity index is 1.73. The van der Waals surface area contributed by atoms with E-state index in [9.17, 15) is 18.3 Å². The molecule has 2 aliphatic heterocycles. The highest BCUT2D eigenvalue weighted by molar-refractivity contribution is 7.85. The fraction of sp³-hybridized carbons (Fsp3) is 0.611. The minimum absolute atomic E-state index is 0.00717. The van der Waals surface area contributed by atoms with Gasteiger partial charge < -0.3 is 14.6 Å². The van der Waals surface area contributed by atoms with Gasteiger partial charge in [-0.05, 0) is 26.3 Å². The minimum Gasteiger partial charge on any atom is -0.444 e. The second kappa shape index (κ2) is 7.38. The number of nitrogens with zero attached hydrogens (tertiary/aromatic N) is 1. The first kappa shape index (κ1) is 20.1. The van der Waals surface area contributed by atoms with Crippen LogP contribution in [-0.2, 0) is 29.5 Å². The predicted molar refractivity (Wildman–Crippen MR) is 96.4 cm³/mol. The van der Waals surface area contributed by atoms with Crippen LogP contribution in [0.1, 0.15) is 26.3 Å². The molecule has 27 heavy (non-hydrogen) atoms. The van der Waals surface area contributed by atoms with Gasteiger partial charge in [-0.1, -0.05) is 30.3 Å². The number of aliphatic hydroxyl groups is 1.